The number of nitrogens with one attached hydrogen (secondary N) is 2. The van der Waals surface area contributed by atoms with Crippen molar-refractivity contribution in [3.05, 3.63) is 54.2 Å². The molecule has 18 heavy (non-hydrogen) atoms. The maximum Gasteiger partial charge on any atom is 0.0865 e. The number of anilines is 2. The van der Waals surface area contributed by atoms with Gasteiger partial charge in [-0.05, 0) is 18.2 Å². The number of aromatic amines is 1. The lowest BCUT2D eigenvalue weighted by Crippen LogP contribution is -1.90. The third-order valence-electron chi connectivity index (χ3n) is 3.23. The van der Waals surface area contributed by atoms with E-state index >= 15 is 0 Å². The first-order chi connectivity index (χ1) is 8.92. The second kappa shape index (κ2) is 3.47. The van der Waals surface area contributed by atoms with Crippen molar-refractivity contribution in [2.45, 2.75) is 0 Å². The lowest BCUT2D eigenvalue weighted by molar-refractivity contribution is 1.44. The summed E-state index contributed by atoms with van der Waals surface area (Å²) in [6.07, 6.45) is 1.88. The van der Waals surface area contributed by atoms with E-state index in [1.807, 2.05) is 42.6 Å². The van der Waals surface area contributed by atoms with Crippen LogP contribution < -0.4 is 5.32 Å². The second-order valence-corrected chi connectivity index (χ2v) is 4.36. The first-order valence-electron chi connectivity index (χ1n) is 5.93. The summed E-state index contributed by atoms with van der Waals surface area (Å²) in [6.45, 7) is 0. The highest BCUT2D eigenvalue weighted by Gasteiger charge is 2.13. The molecule has 0 radical (unpaired) electrons. The van der Waals surface area contributed by atoms with Crippen LogP contribution >= 0.6 is 0 Å². The van der Waals surface area contributed by atoms with E-state index in [-0.39, 0.29) is 0 Å². The summed E-state index contributed by atoms with van der Waals surface area (Å²) in [4.78, 5) is 7.88. The fraction of sp³-hybridized carbons (Fsp3) is 0. The van der Waals surface area contributed by atoms with Crippen molar-refractivity contribution in [3.63, 3.8) is 0 Å². The number of rotatable bonds is 0. The molecule has 0 atom stereocenters. The van der Waals surface area contributed by atoms with Crippen molar-refractivity contribution in [1.29, 1.82) is 0 Å². The standard InChI is InChI=1S/C15H11N3/c1-2-6-11-10(5-1)15-14(17-11)9-16-12-7-3-4-8-13(12)18-15/h1-9,17-18H. The van der Waals surface area contributed by atoms with Crippen molar-refractivity contribution in [3.8, 4) is 0 Å². The van der Waals surface area contributed by atoms with Gasteiger partial charge in [0.05, 0.1) is 29.0 Å². The van der Waals surface area contributed by atoms with Gasteiger partial charge in [-0.2, -0.15) is 0 Å². The number of aromatic nitrogens is 1. The van der Waals surface area contributed by atoms with Gasteiger partial charge in [0, 0.05) is 10.9 Å². The van der Waals surface area contributed by atoms with Crippen molar-refractivity contribution < 1.29 is 0 Å². The largest absolute Gasteiger partial charge is 0.352 e. The third-order valence-corrected chi connectivity index (χ3v) is 3.23. The molecular formula is C15H11N3. The SMILES string of the molecule is C1=Nc2ccccc2Nc2c1[nH]c1ccccc21. The second-order valence-electron chi connectivity index (χ2n) is 4.36. The van der Waals surface area contributed by atoms with Gasteiger partial charge < -0.3 is 10.3 Å². The minimum absolute atomic E-state index is 0.964. The molecule has 0 bridgehead atoms. The van der Waals surface area contributed by atoms with Crippen LogP contribution in [0.4, 0.5) is 17.1 Å². The quantitative estimate of drug-likeness (QED) is 0.474. The molecule has 86 valence electrons. The Morgan fingerprint density at radius 3 is 2.72 bits per heavy atom. The van der Waals surface area contributed by atoms with Crippen LogP contribution in [0, 0.1) is 0 Å². The van der Waals surface area contributed by atoms with Crippen LogP contribution in [0.5, 0.6) is 0 Å². The van der Waals surface area contributed by atoms with Crippen molar-refractivity contribution in [2.24, 2.45) is 4.99 Å². The van der Waals surface area contributed by atoms with Gasteiger partial charge in [0.1, 0.15) is 0 Å². The third kappa shape index (κ3) is 1.27. The first kappa shape index (κ1) is 9.48. The van der Waals surface area contributed by atoms with Crippen molar-refractivity contribution in [2.75, 3.05) is 5.32 Å². The summed E-state index contributed by atoms with van der Waals surface area (Å²) in [5.41, 5.74) is 5.25. The van der Waals surface area contributed by atoms with Gasteiger partial charge in [-0.3, -0.25) is 4.99 Å². The van der Waals surface area contributed by atoms with E-state index in [9.17, 15) is 0 Å². The summed E-state index contributed by atoms with van der Waals surface area (Å²) >= 11 is 0. The van der Waals surface area contributed by atoms with Gasteiger partial charge in [0.2, 0.25) is 0 Å². The van der Waals surface area contributed by atoms with Gasteiger partial charge in [-0.1, -0.05) is 30.3 Å². The Hall–Kier alpha value is -2.55. The Balaban J connectivity index is 2.01. The highest BCUT2D eigenvalue weighted by molar-refractivity contribution is 6.06. The van der Waals surface area contributed by atoms with E-state index in [4.69, 9.17) is 0 Å². The van der Waals surface area contributed by atoms with Crippen LogP contribution in [0.1, 0.15) is 5.69 Å². The molecule has 2 aromatic carbocycles. The number of aliphatic imine (C=N–C) groups is 1. The van der Waals surface area contributed by atoms with Crippen molar-refractivity contribution in [1.82, 2.24) is 4.98 Å². The van der Waals surface area contributed by atoms with Gasteiger partial charge in [0.25, 0.3) is 0 Å². The molecule has 0 aliphatic carbocycles. The lowest BCUT2D eigenvalue weighted by atomic mass is 10.2. The Labute approximate surface area is 104 Å². The van der Waals surface area contributed by atoms with E-state index < -0.39 is 0 Å². The molecule has 3 aromatic rings. The monoisotopic (exact) mass is 233 g/mol. The number of nitrogens with zero attached hydrogens (tertiary/aromatic N) is 1. The molecule has 4 rings (SSSR count). The summed E-state index contributed by atoms with van der Waals surface area (Å²) < 4.78 is 0. The molecule has 0 amide bonds. The molecule has 1 aliphatic rings. The molecule has 0 fully saturated rings. The topological polar surface area (TPSA) is 40.2 Å². The maximum absolute atomic E-state index is 4.50. The fourth-order valence-corrected chi connectivity index (χ4v) is 2.35. The predicted molar refractivity (Wildman–Crippen MR) is 75.3 cm³/mol. The number of hydrogen-bond donors (Lipinski definition) is 2. The van der Waals surface area contributed by atoms with Crippen LogP contribution in [0.2, 0.25) is 0 Å². The number of para-hydroxylation sites is 3. The zero-order valence-corrected chi connectivity index (χ0v) is 9.64. The normalized spacial score (nSPS) is 12.7. The highest BCUT2D eigenvalue weighted by Crippen LogP contribution is 2.35. The van der Waals surface area contributed by atoms with E-state index in [1.54, 1.807) is 0 Å². The number of benzene rings is 2. The highest BCUT2D eigenvalue weighted by atomic mass is 15.0. The molecule has 3 heteroatoms. The molecule has 2 N–H and O–H groups in total. The van der Waals surface area contributed by atoms with E-state index in [0.29, 0.717) is 0 Å². The fourth-order valence-electron chi connectivity index (χ4n) is 2.35. The van der Waals surface area contributed by atoms with E-state index in [1.165, 1.54) is 5.39 Å². The number of fused-ring (bicyclic) bond motifs is 4. The van der Waals surface area contributed by atoms with Gasteiger partial charge in [-0.25, -0.2) is 0 Å². The molecule has 0 unspecified atom stereocenters. The van der Waals surface area contributed by atoms with Gasteiger partial charge >= 0.3 is 0 Å². The maximum atomic E-state index is 4.50. The smallest absolute Gasteiger partial charge is 0.0865 e. The zero-order chi connectivity index (χ0) is 11.9. The molecule has 0 spiro atoms. The van der Waals surface area contributed by atoms with Crippen LogP contribution in [0.25, 0.3) is 10.9 Å². The first-order valence-corrected chi connectivity index (χ1v) is 5.93. The molecule has 3 nitrogen and oxygen atoms in total. The Morgan fingerprint density at radius 1 is 0.889 bits per heavy atom. The number of H-pyrrole nitrogens is 1. The summed E-state index contributed by atoms with van der Waals surface area (Å²) in [5, 5.41) is 4.66. The molecule has 0 saturated carbocycles. The van der Waals surface area contributed by atoms with Gasteiger partial charge in [0.15, 0.2) is 0 Å². The van der Waals surface area contributed by atoms with Crippen molar-refractivity contribution >= 4 is 34.2 Å². The van der Waals surface area contributed by atoms with E-state index in [0.717, 1.165) is 28.3 Å². The van der Waals surface area contributed by atoms with Crippen LogP contribution in [-0.4, -0.2) is 11.2 Å². The van der Waals surface area contributed by atoms with Crippen LogP contribution in [-0.2, 0) is 0 Å². The average Bonchev–Trinajstić information content (AvgIpc) is 2.65. The Bertz CT molecular complexity index is 768. The lowest BCUT2D eigenvalue weighted by Gasteiger charge is -2.06. The van der Waals surface area contributed by atoms with Gasteiger partial charge in [-0.15, -0.1) is 0 Å². The number of hydrogen-bond acceptors (Lipinski definition) is 2. The summed E-state index contributed by atoms with van der Waals surface area (Å²) in [6, 6.07) is 16.3. The summed E-state index contributed by atoms with van der Waals surface area (Å²) in [5.74, 6) is 0. The average molecular weight is 233 g/mol. The molecule has 1 aromatic heterocycles. The Kier molecular flexibility index (Phi) is 1.83. The molecule has 1 aliphatic heterocycles. The van der Waals surface area contributed by atoms with Crippen LogP contribution in [0.3, 0.4) is 0 Å². The molecular weight excluding hydrogens is 222 g/mol. The predicted octanol–water partition coefficient (Wildman–Crippen LogP) is 3.98. The molecule has 0 saturated heterocycles. The van der Waals surface area contributed by atoms with Crippen LogP contribution in [0.15, 0.2) is 53.5 Å². The molecule has 2 heterocycles. The Morgan fingerprint density at radius 2 is 1.72 bits per heavy atom. The summed E-state index contributed by atoms with van der Waals surface area (Å²) in [7, 11) is 0. The minimum Gasteiger partial charge on any atom is -0.352 e. The minimum atomic E-state index is 0.964. The zero-order valence-electron chi connectivity index (χ0n) is 9.64. The van der Waals surface area contributed by atoms with E-state index in [2.05, 4.69) is 27.4 Å².